The summed E-state index contributed by atoms with van der Waals surface area (Å²) >= 11 is 0. The number of nitrogens with zero attached hydrogens (tertiary/aromatic N) is 2. The molecule has 2 amide bonds. The van der Waals surface area contributed by atoms with Crippen molar-refractivity contribution in [3.8, 4) is 11.5 Å². The van der Waals surface area contributed by atoms with Crippen LogP contribution in [0, 0.1) is 0 Å². The van der Waals surface area contributed by atoms with E-state index in [0.717, 1.165) is 10.2 Å². The minimum atomic E-state index is -0.599. The normalized spacial score (nSPS) is 10.5. The summed E-state index contributed by atoms with van der Waals surface area (Å²) in [6.45, 7) is -0.197. The van der Waals surface area contributed by atoms with Gasteiger partial charge in [-0.05, 0) is 35.9 Å². The molecular formula is C25H22N4O5. The first kappa shape index (κ1) is 22.5. The molecule has 3 aromatic carbocycles. The number of aromatic nitrogens is 2. The second-order valence-corrected chi connectivity index (χ2v) is 7.33. The van der Waals surface area contributed by atoms with Crippen molar-refractivity contribution in [2.24, 2.45) is 0 Å². The molecule has 34 heavy (non-hydrogen) atoms. The predicted molar refractivity (Wildman–Crippen MR) is 125 cm³/mol. The monoisotopic (exact) mass is 458 g/mol. The van der Waals surface area contributed by atoms with Gasteiger partial charge in [0, 0.05) is 5.39 Å². The highest BCUT2D eigenvalue weighted by molar-refractivity contribution is 5.83. The fourth-order valence-corrected chi connectivity index (χ4v) is 3.11. The van der Waals surface area contributed by atoms with Gasteiger partial charge in [-0.2, -0.15) is 5.10 Å². The number of carbonyl (C=O) groups is 2. The van der Waals surface area contributed by atoms with E-state index in [-0.39, 0.29) is 18.7 Å². The molecule has 0 bridgehead atoms. The van der Waals surface area contributed by atoms with Crippen LogP contribution in [0.25, 0.3) is 10.8 Å². The second-order valence-electron chi connectivity index (χ2n) is 7.33. The third-order valence-corrected chi connectivity index (χ3v) is 4.84. The molecule has 2 N–H and O–H groups in total. The number of carbonyl (C=O) groups excluding carboxylic acids is 2. The summed E-state index contributed by atoms with van der Waals surface area (Å²) in [5, 5.41) is 5.13. The maximum Gasteiger partial charge on any atom is 0.276 e. The summed E-state index contributed by atoms with van der Waals surface area (Å²) in [6.07, 6.45) is 1.51. The Hall–Kier alpha value is -4.66. The van der Waals surface area contributed by atoms with E-state index in [9.17, 15) is 14.4 Å². The van der Waals surface area contributed by atoms with E-state index in [1.165, 1.54) is 6.20 Å². The van der Waals surface area contributed by atoms with Crippen LogP contribution in [-0.4, -0.2) is 28.2 Å². The molecule has 4 aromatic rings. The summed E-state index contributed by atoms with van der Waals surface area (Å²) in [6, 6.07) is 23.6. The lowest BCUT2D eigenvalue weighted by Gasteiger charge is -2.10. The average molecular weight is 458 g/mol. The third kappa shape index (κ3) is 5.98. The number of hydrogen-bond acceptors (Lipinski definition) is 6. The van der Waals surface area contributed by atoms with Crippen molar-refractivity contribution in [3.05, 3.63) is 101 Å². The van der Waals surface area contributed by atoms with Crippen LogP contribution in [0.1, 0.15) is 5.56 Å². The number of nitrogens with one attached hydrogen (secondary N) is 2. The molecule has 0 saturated carbocycles. The predicted octanol–water partition coefficient (Wildman–Crippen LogP) is 2.20. The van der Waals surface area contributed by atoms with E-state index < -0.39 is 11.8 Å². The third-order valence-electron chi connectivity index (χ3n) is 4.84. The number of hydrazine groups is 1. The van der Waals surface area contributed by atoms with Gasteiger partial charge in [-0.1, -0.05) is 48.5 Å². The summed E-state index contributed by atoms with van der Waals surface area (Å²) in [5.74, 6) is -0.0133. The van der Waals surface area contributed by atoms with E-state index >= 15 is 0 Å². The topological polar surface area (TPSA) is 112 Å². The maximum absolute atomic E-state index is 12.4. The second kappa shape index (κ2) is 10.8. The number of fused-ring (bicyclic) bond motifs is 1. The van der Waals surface area contributed by atoms with Gasteiger partial charge in [0.15, 0.2) is 6.61 Å². The van der Waals surface area contributed by atoms with Gasteiger partial charge in [0.2, 0.25) is 0 Å². The van der Waals surface area contributed by atoms with E-state index in [0.29, 0.717) is 28.9 Å². The van der Waals surface area contributed by atoms with Gasteiger partial charge in [-0.3, -0.25) is 25.2 Å². The molecule has 0 spiro atoms. The average Bonchev–Trinajstić information content (AvgIpc) is 2.88. The van der Waals surface area contributed by atoms with E-state index in [1.54, 1.807) is 48.5 Å². The van der Waals surface area contributed by atoms with Crippen LogP contribution < -0.4 is 25.9 Å². The van der Waals surface area contributed by atoms with Gasteiger partial charge in [0.25, 0.3) is 17.4 Å². The Bertz CT molecular complexity index is 1340. The largest absolute Gasteiger partial charge is 0.489 e. The number of hydrogen-bond donors (Lipinski definition) is 2. The Morgan fingerprint density at radius 3 is 2.21 bits per heavy atom. The SMILES string of the molecule is O=C(COc1ccc(OCc2ccccc2)cc1)NNC(=O)Cn1ncc2ccccc2c1=O. The van der Waals surface area contributed by atoms with Gasteiger partial charge in [-0.25, -0.2) is 4.68 Å². The van der Waals surface area contributed by atoms with Gasteiger partial charge in [0.1, 0.15) is 24.7 Å². The minimum Gasteiger partial charge on any atom is -0.489 e. The fourth-order valence-electron chi connectivity index (χ4n) is 3.11. The Morgan fingerprint density at radius 2 is 1.44 bits per heavy atom. The molecule has 0 saturated heterocycles. The molecule has 0 aliphatic rings. The molecule has 1 aromatic heterocycles. The lowest BCUT2D eigenvalue weighted by Crippen LogP contribution is -2.46. The van der Waals surface area contributed by atoms with Crippen molar-refractivity contribution in [2.75, 3.05) is 6.61 Å². The summed E-state index contributed by atoms with van der Waals surface area (Å²) < 4.78 is 12.2. The molecule has 0 fully saturated rings. The molecular weight excluding hydrogens is 436 g/mol. The zero-order chi connectivity index (χ0) is 23.8. The molecule has 0 aliphatic carbocycles. The van der Waals surface area contributed by atoms with Crippen LogP contribution in [0.4, 0.5) is 0 Å². The van der Waals surface area contributed by atoms with E-state index in [2.05, 4.69) is 16.0 Å². The molecule has 9 heteroatoms. The molecule has 0 unspecified atom stereocenters. The highest BCUT2D eigenvalue weighted by atomic mass is 16.5. The van der Waals surface area contributed by atoms with Crippen LogP contribution in [0.5, 0.6) is 11.5 Å². The summed E-state index contributed by atoms with van der Waals surface area (Å²) in [5.41, 5.74) is 5.16. The van der Waals surface area contributed by atoms with Crippen molar-refractivity contribution in [1.29, 1.82) is 0 Å². The molecule has 4 rings (SSSR count). The van der Waals surface area contributed by atoms with Gasteiger partial charge in [0.05, 0.1) is 11.6 Å². The van der Waals surface area contributed by atoms with Crippen LogP contribution in [0.3, 0.4) is 0 Å². The maximum atomic E-state index is 12.4. The zero-order valence-electron chi connectivity index (χ0n) is 18.1. The molecule has 172 valence electrons. The van der Waals surface area contributed by atoms with Gasteiger partial charge < -0.3 is 9.47 Å². The molecule has 0 radical (unpaired) electrons. The number of rotatable bonds is 8. The molecule has 1 heterocycles. The highest BCUT2D eigenvalue weighted by Crippen LogP contribution is 2.18. The van der Waals surface area contributed by atoms with Crippen molar-refractivity contribution in [3.63, 3.8) is 0 Å². The first-order valence-corrected chi connectivity index (χ1v) is 10.5. The summed E-state index contributed by atoms with van der Waals surface area (Å²) in [7, 11) is 0. The van der Waals surface area contributed by atoms with Crippen molar-refractivity contribution < 1.29 is 19.1 Å². The van der Waals surface area contributed by atoms with Gasteiger partial charge in [-0.15, -0.1) is 0 Å². The van der Waals surface area contributed by atoms with Crippen LogP contribution >= 0.6 is 0 Å². The Kier molecular flexibility index (Phi) is 7.14. The van der Waals surface area contributed by atoms with E-state index in [4.69, 9.17) is 9.47 Å². The highest BCUT2D eigenvalue weighted by Gasteiger charge is 2.10. The molecule has 0 aliphatic heterocycles. The first-order chi connectivity index (χ1) is 16.6. The quantitative estimate of drug-likeness (QED) is 0.392. The number of ether oxygens (including phenoxy) is 2. The fraction of sp³-hybridized carbons (Fsp3) is 0.120. The van der Waals surface area contributed by atoms with Crippen molar-refractivity contribution in [1.82, 2.24) is 20.6 Å². The van der Waals surface area contributed by atoms with E-state index in [1.807, 2.05) is 30.3 Å². The number of benzene rings is 3. The van der Waals surface area contributed by atoms with Crippen LogP contribution in [0.15, 0.2) is 89.9 Å². The Labute approximate surface area is 194 Å². The number of amides is 2. The molecule has 9 nitrogen and oxygen atoms in total. The van der Waals surface area contributed by atoms with Crippen molar-refractivity contribution >= 4 is 22.6 Å². The summed E-state index contributed by atoms with van der Waals surface area (Å²) in [4.78, 5) is 36.5. The molecule has 0 atom stereocenters. The standard InChI is InChI=1S/C25H22N4O5/c30-23(15-29-25(32)22-9-5-4-8-19(22)14-26-29)27-28-24(31)17-34-21-12-10-20(11-13-21)33-16-18-6-2-1-3-7-18/h1-14H,15-17H2,(H,27,30)(H,28,31). The van der Waals surface area contributed by atoms with Crippen LogP contribution in [-0.2, 0) is 22.7 Å². The van der Waals surface area contributed by atoms with Crippen LogP contribution in [0.2, 0.25) is 0 Å². The lowest BCUT2D eigenvalue weighted by molar-refractivity contribution is -0.130. The van der Waals surface area contributed by atoms with Gasteiger partial charge >= 0.3 is 0 Å². The lowest BCUT2D eigenvalue weighted by atomic mass is 10.2. The van der Waals surface area contributed by atoms with Crippen molar-refractivity contribution in [2.45, 2.75) is 13.2 Å². The zero-order valence-corrected chi connectivity index (χ0v) is 18.1. The smallest absolute Gasteiger partial charge is 0.276 e. The minimum absolute atomic E-state index is 0.307. The first-order valence-electron chi connectivity index (χ1n) is 10.5. The Balaban J connectivity index is 1.20. The Morgan fingerprint density at radius 1 is 0.794 bits per heavy atom.